The third-order valence-corrected chi connectivity index (χ3v) is 2.85. The number of hydrogen-bond acceptors (Lipinski definition) is 2. The largest absolute Gasteiger partial charge is 0.465 e. The van der Waals surface area contributed by atoms with Gasteiger partial charge in [0.05, 0.1) is 6.61 Å². The number of nitrogens with one attached hydrogen (secondary N) is 1. The van der Waals surface area contributed by atoms with Crippen molar-refractivity contribution in [2.45, 2.75) is 19.3 Å². The minimum Gasteiger partial charge on any atom is -0.465 e. The maximum Gasteiger partial charge on any atom is 0.315 e. The molecule has 0 spiro atoms. The smallest absolute Gasteiger partial charge is 0.315 e. The van der Waals surface area contributed by atoms with Crippen LogP contribution in [-0.2, 0) is 16.0 Å². The maximum atomic E-state index is 12.0. The van der Waals surface area contributed by atoms with Crippen LogP contribution in [-0.4, -0.2) is 17.6 Å². The zero-order valence-electron chi connectivity index (χ0n) is 10.4. The molecule has 0 radical (unpaired) electrons. The van der Waals surface area contributed by atoms with Gasteiger partial charge in [-0.3, -0.25) is 4.79 Å². The van der Waals surface area contributed by atoms with Gasteiger partial charge in [-0.05, 0) is 31.0 Å². The molecule has 1 unspecified atom stereocenters. The van der Waals surface area contributed by atoms with Gasteiger partial charge in [-0.1, -0.05) is 30.3 Å². The van der Waals surface area contributed by atoms with Crippen molar-refractivity contribution in [2.75, 3.05) is 6.61 Å². The highest BCUT2D eigenvalue weighted by molar-refractivity contribution is 5.78. The van der Waals surface area contributed by atoms with Gasteiger partial charge in [0, 0.05) is 11.9 Å². The lowest BCUT2D eigenvalue weighted by Gasteiger charge is -2.14. The molecule has 3 nitrogen and oxygen atoms in total. The monoisotopic (exact) mass is 243 g/mol. The molecule has 2 aromatic rings. The second kappa shape index (κ2) is 6.05. The molecule has 0 aliphatic heterocycles. The molecule has 1 aromatic carbocycles. The van der Waals surface area contributed by atoms with Gasteiger partial charge in [0.1, 0.15) is 5.92 Å². The highest BCUT2D eigenvalue weighted by Gasteiger charge is 2.23. The summed E-state index contributed by atoms with van der Waals surface area (Å²) in [4.78, 5) is 15.1. The van der Waals surface area contributed by atoms with Gasteiger partial charge < -0.3 is 9.72 Å². The van der Waals surface area contributed by atoms with E-state index in [0.29, 0.717) is 13.0 Å². The first-order valence-electron chi connectivity index (χ1n) is 6.15. The molecule has 1 N–H and O–H groups in total. The van der Waals surface area contributed by atoms with Crippen LogP contribution in [0.1, 0.15) is 24.1 Å². The molecule has 0 amide bonds. The molecular formula is C15H17NO2. The average molecular weight is 243 g/mol. The number of esters is 1. The highest BCUT2D eigenvalue weighted by Crippen LogP contribution is 2.21. The summed E-state index contributed by atoms with van der Waals surface area (Å²) in [6.45, 7) is 2.23. The Kier molecular flexibility index (Phi) is 4.18. The van der Waals surface area contributed by atoms with E-state index in [2.05, 4.69) is 4.98 Å². The molecule has 1 heterocycles. The van der Waals surface area contributed by atoms with Crippen LogP contribution in [0.4, 0.5) is 0 Å². The summed E-state index contributed by atoms with van der Waals surface area (Å²) in [6.07, 6.45) is 2.48. The van der Waals surface area contributed by atoms with Crippen molar-refractivity contribution in [1.29, 1.82) is 0 Å². The van der Waals surface area contributed by atoms with Crippen LogP contribution >= 0.6 is 0 Å². The third kappa shape index (κ3) is 3.00. The van der Waals surface area contributed by atoms with Gasteiger partial charge in [0.25, 0.3) is 0 Å². The maximum absolute atomic E-state index is 12.0. The van der Waals surface area contributed by atoms with Crippen LogP contribution in [0, 0.1) is 0 Å². The first-order valence-corrected chi connectivity index (χ1v) is 6.15. The minimum absolute atomic E-state index is 0.177. The summed E-state index contributed by atoms with van der Waals surface area (Å²) in [7, 11) is 0. The molecule has 0 saturated heterocycles. The van der Waals surface area contributed by atoms with E-state index < -0.39 is 0 Å². The van der Waals surface area contributed by atoms with Crippen molar-refractivity contribution < 1.29 is 9.53 Å². The van der Waals surface area contributed by atoms with Crippen molar-refractivity contribution in [3.8, 4) is 0 Å². The Hall–Kier alpha value is -2.03. The van der Waals surface area contributed by atoms with E-state index in [-0.39, 0.29) is 11.9 Å². The standard InChI is InChI=1S/C15H17NO2/c1-2-18-15(17)13(14-9-6-10-16-14)11-12-7-4-3-5-8-12/h3-10,13,16H,2,11H2,1H3. The van der Waals surface area contributed by atoms with Crippen LogP contribution in [0.25, 0.3) is 0 Å². The Morgan fingerprint density at radius 1 is 1.22 bits per heavy atom. The highest BCUT2D eigenvalue weighted by atomic mass is 16.5. The topological polar surface area (TPSA) is 42.1 Å². The molecule has 1 atom stereocenters. The first kappa shape index (κ1) is 12.4. The first-order chi connectivity index (χ1) is 8.81. The van der Waals surface area contributed by atoms with Crippen LogP contribution in [0.15, 0.2) is 48.7 Å². The lowest BCUT2D eigenvalue weighted by atomic mass is 9.96. The zero-order valence-corrected chi connectivity index (χ0v) is 10.4. The summed E-state index contributed by atoms with van der Waals surface area (Å²) in [5.74, 6) is -0.439. The van der Waals surface area contributed by atoms with E-state index in [4.69, 9.17) is 4.74 Å². The molecule has 0 aliphatic carbocycles. The third-order valence-electron chi connectivity index (χ3n) is 2.85. The summed E-state index contributed by atoms with van der Waals surface area (Å²) < 4.78 is 5.14. The fraction of sp³-hybridized carbons (Fsp3) is 0.267. The number of aromatic amines is 1. The van der Waals surface area contributed by atoms with Crippen molar-refractivity contribution in [1.82, 2.24) is 4.98 Å². The Bertz CT molecular complexity index is 476. The van der Waals surface area contributed by atoms with E-state index in [0.717, 1.165) is 11.3 Å². The molecule has 0 aliphatic rings. The molecule has 0 fully saturated rings. The number of carbonyl (C=O) groups is 1. The Morgan fingerprint density at radius 3 is 2.61 bits per heavy atom. The van der Waals surface area contributed by atoms with Crippen LogP contribution in [0.5, 0.6) is 0 Å². The summed E-state index contributed by atoms with van der Waals surface area (Å²) >= 11 is 0. The van der Waals surface area contributed by atoms with E-state index in [9.17, 15) is 4.79 Å². The second-order valence-electron chi connectivity index (χ2n) is 4.12. The lowest BCUT2D eigenvalue weighted by Crippen LogP contribution is -2.18. The van der Waals surface area contributed by atoms with Crippen molar-refractivity contribution in [3.63, 3.8) is 0 Å². The predicted octanol–water partition coefficient (Wildman–Crippen LogP) is 2.90. The number of benzene rings is 1. The van der Waals surface area contributed by atoms with E-state index in [1.165, 1.54) is 0 Å². The van der Waals surface area contributed by atoms with E-state index in [1.807, 2.05) is 55.6 Å². The fourth-order valence-electron chi connectivity index (χ4n) is 1.97. The number of aromatic nitrogens is 1. The quantitative estimate of drug-likeness (QED) is 0.820. The molecule has 2 rings (SSSR count). The zero-order chi connectivity index (χ0) is 12.8. The summed E-state index contributed by atoms with van der Waals surface area (Å²) in [5, 5.41) is 0. The Labute approximate surface area is 107 Å². The van der Waals surface area contributed by atoms with Crippen LogP contribution < -0.4 is 0 Å². The van der Waals surface area contributed by atoms with Crippen molar-refractivity contribution >= 4 is 5.97 Å². The van der Waals surface area contributed by atoms with E-state index in [1.54, 1.807) is 0 Å². The summed E-state index contributed by atoms with van der Waals surface area (Å²) in [5.41, 5.74) is 2.03. The number of ether oxygens (including phenoxy) is 1. The van der Waals surface area contributed by atoms with Gasteiger partial charge in [-0.2, -0.15) is 0 Å². The molecule has 3 heteroatoms. The number of hydrogen-bond donors (Lipinski definition) is 1. The van der Waals surface area contributed by atoms with Gasteiger partial charge in [0.15, 0.2) is 0 Å². The van der Waals surface area contributed by atoms with Gasteiger partial charge >= 0.3 is 5.97 Å². The number of rotatable bonds is 5. The molecular weight excluding hydrogens is 226 g/mol. The Balaban J connectivity index is 2.18. The van der Waals surface area contributed by atoms with Gasteiger partial charge in [-0.25, -0.2) is 0 Å². The SMILES string of the molecule is CCOC(=O)C(Cc1ccccc1)c1ccc[nH]1. The van der Waals surface area contributed by atoms with Crippen LogP contribution in [0.2, 0.25) is 0 Å². The fourth-order valence-corrected chi connectivity index (χ4v) is 1.97. The molecule has 18 heavy (non-hydrogen) atoms. The van der Waals surface area contributed by atoms with Crippen molar-refractivity contribution in [2.24, 2.45) is 0 Å². The molecule has 0 bridgehead atoms. The van der Waals surface area contributed by atoms with E-state index >= 15 is 0 Å². The second-order valence-corrected chi connectivity index (χ2v) is 4.12. The van der Waals surface area contributed by atoms with Gasteiger partial charge in [-0.15, -0.1) is 0 Å². The van der Waals surface area contributed by atoms with Crippen LogP contribution in [0.3, 0.4) is 0 Å². The summed E-state index contributed by atoms with van der Waals surface area (Å²) in [6, 6.07) is 13.8. The average Bonchev–Trinajstić information content (AvgIpc) is 2.91. The van der Waals surface area contributed by atoms with Gasteiger partial charge in [0.2, 0.25) is 0 Å². The number of carbonyl (C=O) groups excluding carboxylic acids is 1. The molecule has 94 valence electrons. The minimum atomic E-state index is -0.262. The number of H-pyrrole nitrogens is 1. The van der Waals surface area contributed by atoms with Crippen molar-refractivity contribution in [3.05, 3.63) is 59.9 Å². The predicted molar refractivity (Wildman–Crippen MR) is 70.3 cm³/mol. The molecule has 0 saturated carbocycles. The normalized spacial score (nSPS) is 12.1. The Morgan fingerprint density at radius 2 is 2.00 bits per heavy atom. The lowest BCUT2D eigenvalue weighted by molar-refractivity contribution is -0.145. The molecule has 1 aromatic heterocycles.